The molecule has 3 heterocycles. The molecule has 0 fully saturated rings. The molecule has 40 heavy (non-hydrogen) atoms. The number of aryl methyl sites for hydroxylation is 2. The fraction of sp³-hybridized carbons (Fsp3) is 0.357. The molecule has 0 radical (unpaired) electrons. The van der Waals surface area contributed by atoms with Gasteiger partial charge in [0, 0.05) is 18.6 Å². The van der Waals surface area contributed by atoms with Crippen LogP contribution in [0.5, 0.6) is 17.4 Å². The van der Waals surface area contributed by atoms with Crippen LogP contribution in [0.25, 0.3) is 17.7 Å². The van der Waals surface area contributed by atoms with Crippen LogP contribution < -0.4 is 14.2 Å². The number of ether oxygens (including phenoxy) is 3. The number of hydrogen-bond donors (Lipinski definition) is 0. The smallest absolute Gasteiger partial charge is 0.354 e. The summed E-state index contributed by atoms with van der Waals surface area (Å²) >= 11 is 0. The molecule has 12 heteroatoms. The summed E-state index contributed by atoms with van der Waals surface area (Å²) in [6.45, 7) is 8.93. The molecule has 4 aromatic rings. The number of oxazole rings is 1. The van der Waals surface area contributed by atoms with E-state index >= 15 is 0 Å². The third kappa shape index (κ3) is 7.24. The predicted molar refractivity (Wildman–Crippen MR) is 148 cm³/mol. The zero-order chi connectivity index (χ0) is 28.5. The van der Waals surface area contributed by atoms with E-state index in [4.69, 9.17) is 32.1 Å². The summed E-state index contributed by atoms with van der Waals surface area (Å²) < 4.78 is 53.9. The predicted octanol–water partition coefficient (Wildman–Crippen LogP) is 6.86. The Labute approximate surface area is 233 Å². The van der Waals surface area contributed by atoms with Crippen molar-refractivity contribution in [2.24, 2.45) is 0 Å². The molecule has 0 spiro atoms. The summed E-state index contributed by atoms with van der Waals surface area (Å²) in [6, 6.07) is 9.09. The van der Waals surface area contributed by atoms with Crippen molar-refractivity contribution in [1.82, 2.24) is 14.8 Å². The van der Waals surface area contributed by atoms with Gasteiger partial charge in [0.25, 0.3) is 5.89 Å². The monoisotopic (exact) mass is 571 g/mol. The molecule has 0 aliphatic heterocycles. The van der Waals surface area contributed by atoms with Gasteiger partial charge in [0.05, 0.1) is 32.2 Å². The number of aromatic nitrogens is 3. The van der Waals surface area contributed by atoms with Gasteiger partial charge in [-0.1, -0.05) is 6.07 Å². The Balaban J connectivity index is 1.43. The SMILES string of the molecule is CCOP(=O)(C=Cc1cn(CC)nc1OCc1ccc(OCc2nc(-c3ccco3)oc2C)c(OC)c1)OCC. The maximum atomic E-state index is 12.8. The van der Waals surface area contributed by atoms with Crippen LogP contribution in [0.15, 0.2) is 57.4 Å². The quantitative estimate of drug-likeness (QED) is 0.140. The van der Waals surface area contributed by atoms with E-state index in [0.717, 1.165) is 5.56 Å². The molecule has 1 aromatic carbocycles. The van der Waals surface area contributed by atoms with E-state index < -0.39 is 7.60 Å². The molecular weight excluding hydrogens is 537 g/mol. The lowest BCUT2D eigenvalue weighted by molar-refractivity contribution is 0.229. The maximum absolute atomic E-state index is 12.8. The molecular formula is C28H34N3O8P. The summed E-state index contributed by atoms with van der Waals surface area (Å²) in [5.41, 5.74) is 2.16. The number of methoxy groups -OCH3 is 1. The van der Waals surface area contributed by atoms with E-state index in [1.54, 1.807) is 50.1 Å². The Kier molecular flexibility index (Phi) is 9.87. The van der Waals surface area contributed by atoms with Crippen molar-refractivity contribution >= 4 is 13.7 Å². The highest BCUT2D eigenvalue weighted by molar-refractivity contribution is 7.57. The molecule has 11 nitrogen and oxygen atoms in total. The molecule has 0 unspecified atom stereocenters. The van der Waals surface area contributed by atoms with Crippen LogP contribution >= 0.6 is 7.60 Å². The van der Waals surface area contributed by atoms with Crippen molar-refractivity contribution < 1.29 is 36.7 Å². The molecule has 0 bridgehead atoms. The molecule has 0 amide bonds. The second-order valence-corrected chi connectivity index (χ2v) is 10.4. The van der Waals surface area contributed by atoms with Gasteiger partial charge in [0.15, 0.2) is 17.3 Å². The van der Waals surface area contributed by atoms with Gasteiger partial charge >= 0.3 is 7.60 Å². The second-order valence-electron chi connectivity index (χ2n) is 8.50. The average Bonchev–Trinajstić information content (AvgIpc) is 3.70. The van der Waals surface area contributed by atoms with Gasteiger partial charge in [-0.2, -0.15) is 0 Å². The molecule has 0 aliphatic rings. The first kappa shape index (κ1) is 29.2. The van der Waals surface area contributed by atoms with Gasteiger partial charge in [0.2, 0.25) is 5.88 Å². The Bertz CT molecular complexity index is 1450. The minimum Gasteiger partial charge on any atom is -0.493 e. The summed E-state index contributed by atoms with van der Waals surface area (Å²) in [7, 11) is -1.79. The van der Waals surface area contributed by atoms with E-state index in [2.05, 4.69) is 10.1 Å². The van der Waals surface area contributed by atoms with Crippen LogP contribution in [-0.4, -0.2) is 35.1 Å². The van der Waals surface area contributed by atoms with Gasteiger partial charge in [-0.05, 0) is 63.6 Å². The maximum Gasteiger partial charge on any atom is 0.354 e. The number of nitrogens with zero attached hydrogens (tertiary/aromatic N) is 3. The van der Waals surface area contributed by atoms with Crippen molar-refractivity contribution in [2.45, 2.75) is 47.5 Å². The fourth-order valence-electron chi connectivity index (χ4n) is 3.75. The zero-order valence-corrected chi connectivity index (χ0v) is 24.2. The van der Waals surface area contributed by atoms with Gasteiger partial charge < -0.3 is 32.1 Å². The van der Waals surface area contributed by atoms with Gasteiger partial charge in [0.1, 0.15) is 24.7 Å². The van der Waals surface area contributed by atoms with Crippen LogP contribution in [0.1, 0.15) is 43.4 Å². The minimum atomic E-state index is -3.36. The summed E-state index contributed by atoms with van der Waals surface area (Å²) in [5, 5.41) is 4.48. The van der Waals surface area contributed by atoms with Crippen molar-refractivity contribution in [3.05, 3.63) is 71.2 Å². The number of furan rings is 1. The molecule has 0 saturated carbocycles. The van der Waals surface area contributed by atoms with Crippen molar-refractivity contribution in [1.29, 1.82) is 0 Å². The van der Waals surface area contributed by atoms with Crippen LogP contribution in [0.2, 0.25) is 0 Å². The van der Waals surface area contributed by atoms with E-state index in [1.807, 2.05) is 38.2 Å². The highest BCUT2D eigenvalue weighted by Crippen LogP contribution is 2.50. The largest absolute Gasteiger partial charge is 0.493 e. The van der Waals surface area contributed by atoms with Crippen molar-refractivity contribution in [2.75, 3.05) is 20.3 Å². The first-order chi connectivity index (χ1) is 19.4. The third-order valence-electron chi connectivity index (χ3n) is 5.73. The average molecular weight is 572 g/mol. The molecule has 3 aromatic heterocycles. The first-order valence-corrected chi connectivity index (χ1v) is 14.6. The lowest BCUT2D eigenvalue weighted by atomic mass is 10.2. The molecule has 0 N–H and O–H groups in total. The van der Waals surface area contributed by atoms with E-state index in [0.29, 0.717) is 52.6 Å². The summed E-state index contributed by atoms with van der Waals surface area (Å²) in [5.74, 6) is 4.52. The number of rotatable bonds is 15. The van der Waals surface area contributed by atoms with Crippen molar-refractivity contribution in [3.8, 4) is 29.0 Å². The van der Waals surface area contributed by atoms with Crippen LogP contribution in [0.3, 0.4) is 0 Å². The Morgan fingerprint density at radius 1 is 1.05 bits per heavy atom. The Morgan fingerprint density at radius 2 is 1.85 bits per heavy atom. The second kappa shape index (κ2) is 13.5. The van der Waals surface area contributed by atoms with Gasteiger partial charge in [-0.3, -0.25) is 9.25 Å². The van der Waals surface area contributed by atoms with Crippen LogP contribution in [0, 0.1) is 6.92 Å². The molecule has 214 valence electrons. The third-order valence-corrected chi connectivity index (χ3v) is 7.48. The fourth-order valence-corrected chi connectivity index (χ4v) is 5.06. The molecule has 0 atom stereocenters. The topological polar surface area (TPSA) is 120 Å². The van der Waals surface area contributed by atoms with Crippen LogP contribution in [0.4, 0.5) is 0 Å². The highest BCUT2D eigenvalue weighted by Gasteiger charge is 2.20. The van der Waals surface area contributed by atoms with Gasteiger partial charge in [-0.25, -0.2) is 4.98 Å². The molecule has 0 saturated heterocycles. The summed E-state index contributed by atoms with van der Waals surface area (Å²) in [4.78, 5) is 4.48. The number of hydrogen-bond acceptors (Lipinski definition) is 10. The normalized spacial score (nSPS) is 11.8. The molecule has 4 rings (SSSR count). The lowest BCUT2D eigenvalue weighted by Gasteiger charge is -2.13. The van der Waals surface area contributed by atoms with E-state index in [9.17, 15) is 4.57 Å². The zero-order valence-electron chi connectivity index (χ0n) is 23.3. The first-order valence-electron chi connectivity index (χ1n) is 13.0. The highest BCUT2D eigenvalue weighted by atomic mass is 31.2. The lowest BCUT2D eigenvalue weighted by Crippen LogP contribution is -2.02. The standard InChI is InChI=1S/C28H34N3O8P/c1-6-31-17-22(13-15-40(32,37-7-2)38-8-3)27(30-31)36-18-21-11-12-24(26(16-21)33-5)35-19-23-20(4)39-28(29-23)25-10-9-14-34-25/h9-17H,6-8,18-19H2,1-5H3. The summed E-state index contributed by atoms with van der Waals surface area (Å²) in [6.07, 6.45) is 5.04. The van der Waals surface area contributed by atoms with Crippen molar-refractivity contribution in [3.63, 3.8) is 0 Å². The Hall–Kier alpha value is -3.79. The molecule has 0 aliphatic carbocycles. The van der Waals surface area contributed by atoms with Gasteiger partial charge in [-0.15, -0.1) is 5.10 Å². The van der Waals surface area contributed by atoms with E-state index in [-0.39, 0.29) is 26.4 Å². The van der Waals surface area contributed by atoms with E-state index in [1.165, 1.54) is 5.82 Å². The van der Waals surface area contributed by atoms with Crippen LogP contribution in [-0.2, 0) is 33.4 Å². The minimum absolute atomic E-state index is 0.194. The Morgan fingerprint density at radius 3 is 2.52 bits per heavy atom. The number of benzene rings is 1.